The molecule has 0 nitrogen and oxygen atoms in total. The summed E-state index contributed by atoms with van der Waals surface area (Å²) in [6.07, 6.45) is 16.1. The van der Waals surface area contributed by atoms with Gasteiger partial charge in [0.1, 0.15) is 0 Å². The Morgan fingerprint density at radius 3 is 1.41 bits per heavy atom. The summed E-state index contributed by atoms with van der Waals surface area (Å²) in [5, 5.41) is 0. The molecule has 2 heteroatoms. The Morgan fingerprint density at radius 1 is 0.682 bits per heavy atom. The third-order valence-corrected chi connectivity index (χ3v) is 3.50. The normalized spacial score (nSPS) is 12.3. The van der Waals surface area contributed by atoms with Gasteiger partial charge in [-0.1, -0.05) is 41.4 Å². The summed E-state index contributed by atoms with van der Waals surface area (Å²) in [4.78, 5) is 0. The maximum atomic E-state index is 3.79. The molecule has 0 rings (SSSR count). The molecule has 0 saturated heterocycles. The Balaban J connectivity index is -0.00000180. The monoisotopic (exact) mass is 332 g/mol. The van der Waals surface area contributed by atoms with Gasteiger partial charge in [-0.05, 0) is 59.8 Å². The van der Waals surface area contributed by atoms with Crippen molar-refractivity contribution in [2.45, 2.75) is 73.1 Å². The first-order valence-corrected chi connectivity index (χ1v) is 7.85. The van der Waals surface area contributed by atoms with Crippen LogP contribution in [0.2, 0.25) is 0 Å². The number of rotatable bonds is 9. The van der Waals surface area contributed by atoms with Gasteiger partial charge in [-0.15, -0.1) is 6.92 Å². The van der Waals surface area contributed by atoms with Gasteiger partial charge in [-0.25, -0.2) is 18.6 Å². The molecule has 0 aromatic carbocycles. The minimum Gasteiger partial charge on any atom is -1.00 e. The summed E-state index contributed by atoms with van der Waals surface area (Å²) in [7, 11) is 0. The van der Waals surface area contributed by atoms with Gasteiger partial charge in [0.25, 0.3) is 0 Å². The maximum absolute atomic E-state index is 3.79. The number of hydrogen-bond donors (Lipinski definition) is 0. The zero-order valence-corrected chi connectivity index (χ0v) is 17.5. The molecule has 0 spiro atoms. The van der Waals surface area contributed by atoms with Gasteiger partial charge in [-0.3, -0.25) is 0 Å². The van der Waals surface area contributed by atoms with Gasteiger partial charge < -0.3 is 12.4 Å². The van der Waals surface area contributed by atoms with E-state index in [1.54, 1.807) is 0 Å². The topological polar surface area (TPSA) is 0 Å². The summed E-state index contributed by atoms with van der Waals surface area (Å²) in [5.41, 5.74) is 5.83. The number of halogens is 1. The molecular formula is C20H33ClMg. The van der Waals surface area contributed by atoms with Crippen LogP contribution >= 0.6 is 0 Å². The standard InChI is InChI=1S/C20H33.ClH.Mg/c1-7-18(4)12-9-14-20(6)16-10-15-19(5)13-8-11-17(2)3;;/h7,11,14-15H,1,8-10,12-13,16H2,2-6H3;1H;/q-1;;+2/p-1/b18-7+,19-15+,20-14+;;. The molecule has 0 saturated carbocycles. The second-order valence-electron chi connectivity index (χ2n) is 6.05. The molecule has 22 heavy (non-hydrogen) atoms. The zero-order valence-electron chi connectivity index (χ0n) is 15.3. The van der Waals surface area contributed by atoms with E-state index in [-0.39, 0.29) is 35.5 Å². The third kappa shape index (κ3) is 17.9. The summed E-state index contributed by atoms with van der Waals surface area (Å²) in [6, 6.07) is 0. The van der Waals surface area contributed by atoms with E-state index in [4.69, 9.17) is 0 Å². The van der Waals surface area contributed by atoms with Crippen LogP contribution in [0, 0.1) is 6.92 Å². The van der Waals surface area contributed by atoms with Crippen molar-refractivity contribution in [2.75, 3.05) is 0 Å². The van der Waals surface area contributed by atoms with Crippen LogP contribution < -0.4 is 12.4 Å². The molecule has 0 aliphatic rings. The zero-order chi connectivity index (χ0) is 15.4. The molecule has 0 aromatic rings. The fourth-order valence-electron chi connectivity index (χ4n) is 1.99. The molecule has 0 N–H and O–H groups in total. The van der Waals surface area contributed by atoms with E-state index in [9.17, 15) is 0 Å². The number of allylic oxidation sites excluding steroid dienone is 8. The van der Waals surface area contributed by atoms with Crippen LogP contribution in [-0.2, 0) is 0 Å². The summed E-state index contributed by atoms with van der Waals surface area (Å²) in [5.74, 6) is 0. The molecule has 0 aromatic heterocycles. The second kappa shape index (κ2) is 17.2. The molecule has 0 amide bonds. The minimum atomic E-state index is 0. The quantitative estimate of drug-likeness (QED) is 0.344. The van der Waals surface area contributed by atoms with E-state index in [0.29, 0.717) is 0 Å². The van der Waals surface area contributed by atoms with Gasteiger partial charge >= 0.3 is 23.1 Å². The first-order valence-electron chi connectivity index (χ1n) is 7.85. The van der Waals surface area contributed by atoms with E-state index in [1.165, 1.54) is 48.0 Å². The van der Waals surface area contributed by atoms with Crippen LogP contribution in [0.5, 0.6) is 0 Å². The second-order valence-corrected chi connectivity index (χ2v) is 6.05. The van der Waals surface area contributed by atoms with Crippen molar-refractivity contribution in [1.82, 2.24) is 0 Å². The van der Waals surface area contributed by atoms with Crippen LogP contribution in [-0.4, -0.2) is 23.1 Å². The van der Waals surface area contributed by atoms with Crippen LogP contribution in [0.3, 0.4) is 0 Å². The van der Waals surface area contributed by atoms with Crippen molar-refractivity contribution in [2.24, 2.45) is 0 Å². The Hall–Kier alpha value is -0.114. The smallest absolute Gasteiger partial charge is 1.00 e. The van der Waals surface area contributed by atoms with Gasteiger partial charge in [-0.2, -0.15) is 0 Å². The van der Waals surface area contributed by atoms with Gasteiger partial charge in [0.05, 0.1) is 0 Å². The average molecular weight is 333 g/mol. The van der Waals surface area contributed by atoms with Crippen LogP contribution in [0.4, 0.5) is 0 Å². The van der Waals surface area contributed by atoms with Crippen molar-refractivity contribution in [3.05, 3.63) is 53.5 Å². The maximum Gasteiger partial charge on any atom is 2.00 e. The van der Waals surface area contributed by atoms with Crippen LogP contribution in [0.1, 0.15) is 73.1 Å². The van der Waals surface area contributed by atoms with E-state index in [0.717, 1.165) is 12.8 Å². The van der Waals surface area contributed by atoms with Gasteiger partial charge in [0, 0.05) is 0 Å². The molecule has 122 valence electrons. The van der Waals surface area contributed by atoms with Gasteiger partial charge in [0.15, 0.2) is 0 Å². The SMILES string of the molecule is [CH2-]/C=C(\C)CC/C=C(\C)CC/C=C(\C)CCC=C(C)C.[Cl-].[Mg+2]. The van der Waals surface area contributed by atoms with Crippen LogP contribution in [0.25, 0.3) is 0 Å². The minimum absolute atomic E-state index is 0. The molecule has 0 aliphatic heterocycles. The predicted molar refractivity (Wildman–Crippen MR) is 99.5 cm³/mol. The van der Waals surface area contributed by atoms with E-state index >= 15 is 0 Å². The van der Waals surface area contributed by atoms with Crippen molar-refractivity contribution in [1.29, 1.82) is 0 Å². The molecule has 0 radical (unpaired) electrons. The summed E-state index contributed by atoms with van der Waals surface area (Å²) >= 11 is 0. The Bertz CT molecular complexity index is 383. The molecular weight excluding hydrogens is 300 g/mol. The first kappa shape index (κ1) is 26.8. The van der Waals surface area contributed by atoms with E-state index in [2.05, 4.69) is 59.8 Å². The fourth-order valence-corrected chi connectivity index (χ4v) is 1.99. The largest absolute Gasteiger partial charge is 2.00 e. The Kier molecular flexibility index (Phi) is 21.0. The van der Waals surface area contributed by atoms with Crippen molar-refractivity contribution in [3.8, 4) is 0 Å². The van der Waals surface area contributed by atoms with E-state index in [1.807, 2.05) is 6.08 Å². The third-order valence-electron chi connectivity index (χ3n) is 3.50. The molecule has 0 aliphatic carbocycles. The van der Waals surface area contributed by atoms with Crippen molar-refractivity contribution >= 4 is 23.1 Å². The Morgan fingerprint density at radius 2 is 1.05 bits per heavy atom. The molecule has 0 heterocycles. The first-order chi connectivity index (χ1) is 9.45. The van der Waals surface area contributed by atoms with Crippen molar-refractivity contribution in [3.63, 3.8) is 0 Å². The fraction of sp³-hybridized carbons (Fsp3) is 0.550. The summed E-state index contributed by atoms with van der Waals surface area (Å²) in [6.45, 7) is 14.8. The Labute approximate surface area is 161 Å². The number of hydrogen-bond acceptors (Lipinski definition) is 0. The molecule has 0 unspecified atom stereocenters. The molecule has 0 fully saturated rings. The van der Waals surface area contributed by atoms with Gasteiger partial charge in [0.2, 0.25) is 0 Å². The summed E-state index contributed by atoms with van der Waals surface area (Å²) < 4.78 is 0. The van der Waals surface area contributed by atoms with Crippen molar-refractivity contribution < 1.29 is 12.4 Å². The molecule has 0 atom stereocenters. The van der Waals surface area contributed by atoms with E-state index < -0.39 is 0 Å². The van der Waals surface area contributed by atoms with Crippen LogP contribution in [0.15, 0.2) is 46.6 Å². The molecule has 0 bridgehead atoms. The predicted octanol–water partition coefficient (Wildman–Crippen LogP) is 3.59. The average Bonchev–Trinajstić information content (AvgIpc) is 2.38.